The lowest BCUT2D eigenvalue weighted by atomic mass is 9.99. The molecule has 1 aliphatic heterocycles. The van der Waals surface area contributed by atoms with Crippen LogP contribution in [-0.2, 0) is 0 Å². The van der Waals surface area contributed by atoms with Crippen LogP contribution in [0, 0.1) is 41.5 Å². The van der Waals surface area contributed by atoms with Crippen LogP contribution in [0.15, 0.2) is 82.8 Å². The number of amidine groups is 2. The third kappa shape index (κ3) is 7.52. The molecule has 0 aliphatic carbocycles. The Hall–Kier alpha value is -4.38. The van der Waals surface area contributed by atoms with E-state index in [1.807, 2.05) is 12.1 Å². The van der Waals surface area contributed by atoms with Crippen LogP contribution in [0.2, 0.25) is 0 Å². The van der Waals surface area contributed by atoms with Crippen molar-refractivity contribution in [3.05, 3.63) is 123 Å². The first-order valence-electron chi connectivity index (χ1n) is 16.8. The van der Waals surface area contributed by atoms with Crippen molar-refractivity contribution >= 4 is 17.4 Å². The van der Waals surface area contributed by atoms with Crippen molar-refractivity contribution in [3.8, 4) is 11.5 Å². The Morgan fingerprint density at radius 1 is 0.674 bits per heavy atom. The van der Waals surface area contributed by atoms with E-state index in [0.717, 1.165) is 52.2 Å². The van der Waals surface area contributed by atoms with Crippen LogP contribution >= 0.6 is 0 Å². The van der Waals surface area contributed by atoms with Crippen LogP contribution < -0.4 is 9.64 Å². The minimum absolute atomic E-state index is 0.158. The Kier molecular flexibility index (Phi) is 10.6. The van der Waals surface area contributed by atoms with Crippen molar-refractivity contribution in [1.29, 1.82) is 0 Å². The number of benzene rings is 4. The number of anilines is 1. The maximum atomic E-state index is 11.6. The molecule has 0 fully saturated rings. The molecule has 0 spiro atoms. The molecule has 5 heteroatoms. The van der Waals surface area contributed by atoms with Gasteiger partial charge in [-0.3, -0.25) is 4.90 Å². The smallest absolute Gasteiger partial charge is 0.159 e. The van der Waals surface area contributed by atoms with E-state index in [1.165, 1.54) is 42.4 Å². The molecule has 1 heterocycles. The summed E-state index contributed by atoms with van der Waals surface area (Å²) >= 11 is 0. The molecule has 0 amide bonds. The zero-order valence-electron chi connectivity index (χ0n) is 28.7. The van der Waals surface area contributed by atoms with E-state index in [4.69, 9.17) is 14.7 Å². The summed E-state index contributed by atoms with van der Waals surface area (Å²) in [6, 6.07) is 25.0. The molecule has 5 rings (SSSR count). The van der Waals surface area contributed by atoms with E-state index in [9.17, 15) is 5.11 Å². The number of nitrogens with zero attached hydrogens (tertiary/aromatic N) is 3. The number of aromatic hydroxyl groups is 1. The number of phenolic OH excluding ortho intramolecular Hbond substituents is 1. The third-order valence-corrected chi connectivity index (χ3v) is 8.83. The second-order valence-corrected chi connectivity index (χ2v) is 12.9. The molecule has 0 saturated heterocycles. The predicted octanol–water partition coefficient (Wildman–Crippen LogP) is 10.4. The number of unbranched alkanes of at least 4 members (excludes halogenated alkanes) is 5. The van der Waals surface area contributed by atoms with Crippen LogP contribution in [-0.4, -0.2) is 23.4 Å². The molecule has 1 N–H and O–H groups in total. The van der Waals surface area contributed by atoms with Gasteiger partial charge in [-0.1, -0.05) is 104 Å². The Morgan fingerprint density at radius 3 is 1.91 bits per heavy atom. The number of aryl methyl sites for hydroxylation is 6. The normalized spacial score (nSPS) is 14.7. The molecule has 4 aromatic rings. The second-order valence-electron chi connectivity index (χ2n) is 12.9. The highest BCUT2D eigenvalue weighted by atomic mass is 16.5. The van der Waals surface area contributed by atoms with E-state index >= 15 is 0 Å². The van der Waals surface area contributed by atoms with Gasteiger partial charge in [-0.2, -0.15) is 0 Å². The van der Waals surface area contributed by atoms with Gasteiger partial charge in [0.15, 0.2) is 12.0 Å². The van der Waals surface area contributed by atoms with Gasteiger partial charge in [0.2, 0.25) is 0 Å². The lowest BCUT2D eigenvalue weighted by Gasteiger charge is -2.37. The molecule has 240 valence electrons. The molecule has 4 aromatic carbocycles. The van der Waals surface area contributed by atoms with Crippen LogP contribution in [0.5, 0.6) is 11.5 Å². The first-order valence-corrected chi connectivity index (χ1v) is 16.8. The van der Waals surface area contributed by atoms with Crippen LogP contribution in [0.3, 0.4) is 0 Å². The van der Waals surface area contributed by atoms with Gasteiger partial charge in [0, 0.05) is 28.4 Å². The minimum Gasteiger partial charge on any atom is -0.507 e. The molecule has 1 unspecified atom stereocenters. The highest BCUT2D eigenvalue weighted by molar-refractivity contribution is 6.20. The van der Waals surface area contributed by atoms with Gasteiger partial charge in [0.25, 0.3) is 0 Å². The highest BCUT2D eigenvalue weighted by Crippen LogP contribution is 2.41. The first kappa shape index (κ1) is 33.0. The fourth-order valence-corrected chi connectivity index (χ4v) is 6.36. The summed E-state index contributed by atoms with van der Waals surface area (Å²) in [6.45, 7) is 15.6. The SMILES string of the molecule is CCCCCCCCOc1ccc(C2N=C(c3ccc(C)cc3C)N=C(c3ccc(C)cc3C)N2c2ccc(C)cc2C)c(O)c1. The number of ether oxygens (including phenoxy) is 1. The van der Waals surface area contributed by atoms with Crippen LogP contribution in [0.1, 0.15) is 102 Å². The fourth-order valence-electron chi connectivity index (χ4n) is 6.36. The van der Waals surface area contributed by atoms with Crippen molar-refractivity contribution in [2.75, 3.05) is 11.5 Å². The van der Waals surface area contributed by atoms with Gasteiger partial charge >= 0.3 is 0 Å². The number of aliphatic imine (C=N–C) groups is 2. The molecule has 46 heavy (non-hydrogen) atoms. The molecule has 0 radical (unpaired) electrons. The van der Waals surface area contributed by atoms with E-state index < -0.39 is 6.17 Å². The quantitative estimate of drug-likeness (QED) is 0.161. The summed E-state index contributed by atoms with van der Waals surface area (Å²) in [7, 11) is 0. The Balaban J connectivity index is 1.60. The molecular formula is C41H49N3O2. The van der Waals surface area contributed by atoms with E-state index in [-0.39, 0.29) is 5.75 Å². The van der Waals surface area contributed by atoms with Gasteiger partial charge in [-0.25, -0.2) is 9.98 Å². The molecule has 5 nitrogen and oxygen atoms in total. The Labute approximate surface area is 275 Å². The van der Waals surface area contributed by atoms with E-state index in [0.29, 0.717) is 23.8 Å². The number of rotatable bonds is 12. The molecule has 1 aliphatic rings. The summed E-state index contributed by atoms with van der Waals surface area (Å²) in [5.74, 6) is 2.29. The van der Waals surface area contributed by atoms with Crippen molar-refractivity contribution in [2.45, 2.75) is 93.2 Å². The summed E-state index contributed by atoms with van der Waals surface area (Å²) in [5, 5.41) is 11.6. The maximum absolute atomic E-state index is 11.6. The average Bonchev–Trinajstić information content (AvgIpc) is 3.01. The second kappa shape index (κ2) is 14.8. The first-order chi connectivity index (χ1) is 22.2. The van der Waals surface area contributed by atoms with Crippen molar-refractivity contribution in [3.63, 3.8) is 0 Å². The van der Waals surface area contributed by atoms with Crippen molar-refractivity contribution in [1.82, 2.24) is 0 Å². The maximum Gasteiger partial charge on any atom is 0.159 e. The van der Waals surface area contributed by atoms with Gasteiger partial charge in [-0.05, 0) is 82.9 Å². The summed E-state index contributed by atoms with van der Waals surface area (Å²) in [4.78, 5) is 12.8. The van der Waals surface area contributed by atoms with Gasteiger partial charge in [0.05, 0.1) is 6.61 Å². The summed E-state index contributed by atoms with van der Waals surface area (Å²) in [5.41, 5.74) is 10.7. The van der Waals surface area contributed by atoms with Crippen molar-refractivity contribution in [2.24, 2.45) is 9.98 Å². The monoisotopic (exact) mass is 615 g/mol. The lowest BCUT2D eigenvalue weighted by Crippen LogP contribution is -2.40. The molecule has 0 aromatic heterocycles. The average molecular weight is 616 g/mol. The van der Waals surface area contributed by atoms with Gasteiger partial charge < -0.3 is 9.84 Å². The summed E-state index contributed by atoms with van der Waals surface area (Å²) < 4.78 is 6.08. The Morgan fingerprint density at radius 2 is 1.28 bits per heavy atom. The topological polar surface area (TPSA) is 57.4 Å². The summed E-state index contributed by atoms with van der Waals surface area (Å²) in [6.07, 6.45) is 6.67. The van der Waals surface area contributed by atoms with Gasteiger partial charge in [-0.15, -0.1) is 0 Å². The zero-order chi connectivity index (χ0) is 32.8. The molecular weight excluding hydrogens is 566 g/mol. The van der Waals surface area contributed by atoms with Crippen molar-refractivity contribution < 1.29 is 9.84 Å². The largest absolute Gasteiger partial charge is 0.507 e. The lowest BCUT2D eigenvalue weighted by molar-refractivity contribution is 0.302. The van der Waals surface area contributed by atoms with E-state index in [1.54, 1.807) is 6.07 Å². The highest BCUT2D eigenvalue weighted by Gasteiger charge is 2.34. The van der Waals surface area contributed by atoms with Crippen LogP contribution in [0.4, 0.5) is 5.69 Å². The predicted molar refractivity (Wildman–Crippen MR) is 193 cm³/mol. The standard InChI is InChI=1S/C41H49N3O2/c1-8-9-10-11-12-13-22-46-33-17-20-36(38(45)26-33)41-43-39(34-18-14-27(2)23-30(34)5)42-40(35-19-15-28(3)24-31(35)6)44(41)37-21-16-29(4)25-32(37)7/h14-21,23-26,41,45H,8-13,22H2,1-7H3. The van der Waals surface area contributed by atoms with Gasteiger partial charge in [0.1, 0.15) is 17.3 Å². The number of phenols is 1. The molecule has 1 atom stereocenters. The van der Waals surface area contributed by atoms with E-state index in [2.05, 4.69) is 108 Å². The minimum atomic E-state index is -0.557. The fraction of sp³-hybridized carbons (Fsp3) is 0.366. The van der Waals surface area contributed by atoms with Crippen LogP contribution in [0.25, 0.3) is 0 Å². The molecule has 0 saturated carbocycles. The third-order valence-electron chi connectivity index (χ3n) is 8.83. The number of hydrogen-bond donors (Lipinski definition) is 1. The zero-order valence-corrected chi connectivity index (χ0v) is 28.7. The Bertz CT molecular complexity index is 1750. The number of hydrogen-bond acceptors (Lipinski definition) is 5. The molecule has 0 bridgehead atoms.